The molecule has 0 N–H and O–H groups in total. The average molecular weight is 428 g/mol. The number of aryl methyl sites for hydroxylation is 1. The number of nitro benzene ring substituents is 1. The van der Waals surface area contributed by atoms with Gasteiger partial charge in [0, 0.05) is 34.0 Å². The second-order valence-electron chi connectivity index (χ2n) is 6.57. The molecular weight excluding hydrogens is 408 g/mol. The smallest absolute Gasteiger partial charge is 0.344 e. The number of esters is 1. The first kappa shape index (κ1) is 21.3. The van der Waals surface area contributed by atoms with Crippen LogP contribution in [0, 0.1) is 24.0 Å². The minimum Gasteiger partial charge on any atom is -0.482 e. The Morgan fingerprint density at radius 2 is 1.87 bits per heavy atom. The van der Waals surface area contributed by atoms with Crippen LogP contribution >= 0.6 is 11.3 Å². The standard InChI is InChI=1S/C21H20N2O6S/c1-14-10-19(15(2)22(14)11-18-4-3-9-30-18)20(24)12-29-21(25)13-28-17-7-5-16(6-8-17)23(26)27/h3-10H,11-13H2,1-2H3. The van der Waals surface area contributed by atoms with Crippen molar-refractivity contribution in [3.63, 3.8) is 0 Å². The fourth-order valence-corrected chi connectivity index (χ4v) is 3.65. The molecule has 0 radical (unpaired) electrons. The number of nitro groups is 1. The van der Waals surface area contributed by atoms with E-state index in [0.717, 1.165) is 11.4 Å². The summed E-state index contributed by atoms with van der Waals surface area (Å²) in [7, 11) is 0. The predicted octanol–water partition coefficient (Wildman–Crippen LogP) is 3.93. The summed E-state index contributed by atoms with van der Waals surface area (Å²) in [5, 5.41) is 12.6. The third-order valence-corrected chi connectivity index (χ3v) is 5.40. The number of hydrogen-bond acceptors (Lipinski definition) is 7. The fourth-order valence-electron chi connectivity index (χ4n) is 2.96. The first-order valence-electron chi connectivity index (χ1n) is 9.10. The molecule has 0 saturated heterocycles. The largest absolute Gasteiger partial charge is 0.482 e. The number of benzene rings is 1. The van der Waals surface area contributed by atoms with E-state index in [1.807, 2.05) is 31.4 Å². The Kier molecular flexibility index (Phi) is 6.63. The van der Waals surface area contributed by atoms with Crippen LogP contribution in [0.15, 0.2) is 47.8 Å². The molecule has 0 fully saturated rings. The molecule has 0 aliphatic carbocycles. The highest BCUT2D eigenvalue weighted by Gasteiger charge is 2.18. The number of ether oxygens (including phenoxy) is 2. The van der Waals surface area contributed by atoms with Crippen molar-refractivity contribution in [1.29, 1.82) is 0 Å². The van der Waals surface area contributed by atoms with E-state index in [-0.39, 0.29) is 18.1 Å². The lowest BCUT2D eigenvalue weighted by molar-refractivity contribution is -0.384. The van der Waals surface area contributed by atoms with E-state index in [1.165, 1.54) is 29.1 Å². The van der Waals surface area contributed by atoms with Gasteiger partial charge in [0.1, 0.15) is 5.75 Å². The SMILES string of the molecule is Cc1cc(C(=O)COC(=O)COc2ccc([N+](=O)[O-])cc2)c(C)n1Cc1cccs1. The maximum atomic E-state index is 12.5. The van der Waals surface area contributed by atoms with Crippen LogP contribution in [0.4, 0.5) is 5.69 Å². The zero-order valence-electron chi connectivity index (χ0n) is 16.5. The number of thiophene rings is 1. The van der Waals surface area contributed by atoms with Crippen LogP contribution in [0.5, 0.6) is 5.75 Å². The molecule has 0 bridgehead atoms. The van der Waals surface area contributed by atoms with Gasteiger partial charge in [-0.2, -0.15) is 0 Å². The highest BCUT2D eigenvalue weighted by Crippen LogP contribution is 2.20. The van der Waals surface area contributed by atoms with Gasteiger partial charge < -0.3 is 14.0 Å². The van der Waals surface area contributed by atoms with E-state index >= 15 is 0 Å². The Balaban J connectivity index is 1.52. The Morgan fingerprint density at radius 3 is 2.50 bits per heavy atom. The molecule has 0 atom stereocenters. The lowest BCUT2D eigenvalue weighted by atomic mass is 10.1. The number of nitrogens with zero attached hydrogens (tertiary/aromatic N) is 2. The van der Waals surface area contributed by atoms with Gasteiger partial charge in [-0.15, -0.1) is 11.3 Å². The van der Waals surface area contributed by atoms with Crippen molar-refractivity contribution in [3.8, 4) is 5.75 Å². The summed E-state index contributed by atoms with van der Waals surface area (Å²) in [6, 6.07) is 11.1. The highest BCUT2D eigenvalue weighted by atomic mass is 32.1. The molecular formula is C21H20N2O6S. The summed E-state index contributed by atoms with van der Waals surface area (Å²) in [5.41, 5.74) is 2.22. The number of non-ortho nitro benzene ring substituents is 1. The van der Waals surface area contributed by atoms with E-state index in [2.05, 4.69) is 4.57 Å². The van der Waals surface area contributed by atoms with E-state index in [0.29, 0.717) is 17.9 Å². The lowest BCUT2D eigenvalue weighted by Crippen LogP contribution is -2.20. The molecule has 0 saturated carbocycles. The maximum absolute atomic E-state index is 12.5. The van der Waals surface area contributed by atoms with Crippen molar-refractivity contribution < 1.29 is 24.0 Å². The van der Waals surface area contributed by atoms with Gasteiger partial charge in [-0.25, -0.2) is 4.79 Å². The Hall–Kier alpha value is -3.46. The topological polar surface area (TPSA) is 101 Å². The van der Waals surface area contributed by atoms with Gasteiger partial charge in [0.05, 0.1) is 11.5 Å². The monoisotopic (exact) mass is 428 g/mol. The lowest BCUT2D eigenvalue weighted by Gasteiger charge is -2.09. The molecule has 9 heteroatoms. The van der Waals surface area contributed by atoms with E-state index in [4.69, 9.17) is 9.47 Å². The summed E-state index contributed by atoms with van der Waals surface area (Å²) in [6.07, 6.45) is 0. The van der Waals surface area contributed by atoms with Crippen LogP contribution in [-0.2, 0) is 16.1 Å². The number of ketones is 1. The molecule has 1 aromatic carbocycles. The molecule has 3 aromatic rings. The molecule has 30 heavy (non-hydrogen) atoms. The third-order valence-electron chi connectivity index (χ3n) is 4.54. The van der Waals surface area contributed by atoms with Gasteiger partial charge in [0.25, 0.3) is 5.69 Å². The van der Waals surface area contributed by atoms with E-state index in [1.54, 1.807) is 17.4 Å². The first-order chi connectivity index (χ1) is 14.3. The Bertz CT molecular complexity index is 1050. The number of Topliss-reactive ketones (excluding diaryl/α,β-unsaturated/α-hetero) is 1. The second-order valence-corrected chi connectivity index (χ2v) is 7.61. The molecule has 8 nitrogen and oxygen atoms in total. The molecule has 2 heterocycles. The summed E-state index contributed by atoms with van der Waals surface area (Å²) < 4.78 is 12.3. The van der Waals surface area contributed by atoms with Gasteiger partial charge in [0.15, 0.2) is 13.2 Å². The van der Waals surface area contributed by atoms with Crippen molar-refractivity contribution in [1.82, 2.24) is 4.57 Å². The van der Waals surface area contributed by atoms with Crippen molar-refractivity contribution >= 4 is 28.8 Å². The molecule has 156 valence electrons. The Labute approximate surface area is 176 Å². The minimum absolute atomic E-state index is 0.0767. The van der Waals surface area contributed by atoms with Crippen LogP contribution in [0.1, 0.15) is 26.6 Å². The molecule has 0 unspecified atom stereocenters. The summed E-state index contributed by atoms with van der Waals surface area (Å²) >= 11 is 1.65. The average Bonchev–Trinajstić information content (AvgIpc) is 3.34. The molecule has 0 aliphatic rings. The van der Waals surface area contributed by atoms with Crippen molar-refractivity contribution in [3.05, 3.63) is 79.8 Å². The number of carbonyl (C=O) groups excluding carboxylic acids is 2. The minimum atomic E-state index is -0.700. The third kappa shape index (κ3) is 5.12. The summed E-state index contributed by atoms with van der Waals surface area (Å²) in [5.74, 6) is -0.695. The highest BCUT2D eigenvalue weighted by molar-refractivity contribution is 7.09. The van der Waals surface area contributed by atoms with Crippen molar-refractivity contribution in [2.45, 2.75) is 20.4 Å². The van der Waals surface area contributed by atoms with Crippen molar-refractivity contribution in [2.24, 2.45) is 0 Å². The predicted molar refractivity (Wildman–Crippen MR) is 111 cm³/mol. The van der Waals surface area contributed by atoms with Gasteiger partial charge in [-0.3, -0.25) is 14.9 Å². The van der Waals surface area contributed by atoms with Crippen LogP contribution in [0.25, 0.3) is 0 Å². The zero-order valence-corrected chi connectivity index (χ0v) is 17.3. The zero-order chi connectivity index (χ0) is 21.7. The van der Waals surface area contributed by atoms with Crippen LogP contribution < -0.4 is 4.74 Å². The normalized spacial score (nSPS) is 10.6. The van der Waals surface area contributed by atoms with Gasteiger partial charge in [-0.1, -0.05) is 6.07 Å². The fraction of sp³-hybridized carbons (Fsp3) is 0.238. The molecule has 0 aliphatic heterocycles. The van der Waals surface area contributed by atoms with Crippen molar-refractivity contribution in [2.75, 3.05) is 13.2 Å². The maximum Gasteiger partial charge on any atom is 0.344 e. The summed E-state index contributed by atoms with van der Waals surface area (Å²) in [6.45, 7) is 3.70. The van der Waals surface area contributed by atoms with E-state index < -0.39 is 17.5 Å². The van der Waals surface area contributed by atoms with Crippen LogP contribution in [-0.4, -0.2) is 34.5 Å². The summed E-state index contributed by atoms with van der Waals surface area (Å²) in [4.78, 5) is 35.7. The number of rotatable bonds is 9. The quantitative estimate of drug-likeness (QED) is 0.222. The Morgan fingerprint density at radius 1 is 1.13 bits per heavy atom. The van der Waals surface area contributed by atoms with E-state index in [9.17, 15) is 19.7 Å². The second kappa shape index (κ2) is 9.36. The first-order valence-corrected chi connectivity index (χ1v) is 9.98. The molecule has 2 aromatic heterocycles. The van der Waals surface area contributed by atoms with Gasteiger partial charge in [0.2, 0.25) is 5.78 Å². The van der Waals surface area contributed by atoms with Crippen LogP contribution in [0.3, 0.4) is 0 Å². The van der Waals surface area contributed by atoms with Crippen LogP contribution in [0.2, 0.25) is 0 Å². The number of hydrogen-bond donors (Lipinski definition) is 0. The molecule has 0 amide bonds. The van der Waals surface area contributed by atoms with Gasteiger partial charge in [-0.05, 0) is 43.5 Å². The van der Waals surface area contributed by atoms with Gasteiger partial charge >= 0.3 is 5.97 Å². The molecule has 3 rings (SSSR count). The number of aromatic nitrogens is 1. The number of carbonyl (C=O) groups is 2. The molecule has 0 spiro atoms.